The third-order valence-corrected chi connectivity index (χ3v) is 3.61. The van der Waals surface area contributed by atoms with Gasteiger partial charge in [0, 0.05) is 12.3 Å². The number of hydrogen-bond donors (Lipinski definition) is 0. The first-order valence-electron chi connectivity index (χ1n) is 6.92. The van der Waals surface area contributed by atoms with Crippen LogP contribution in [0.3, 0.4) is 0 Å². The van der Waals surface area contributed by atoms with E-state index < -0.39 is 5.97 Å². The molecule has 110 valence electrons. The van der Waals surface area contributed by atoms with Crippen LogP contribution in [-0.4, -0.2) is 23.6 Å². The molecule has 0 radical (unpaired) electrons. The van der Waals surface area contributed by atoms with Crippen molar-refractivity contribution in [1.82, 2.24) is 4.57 Å². The number of carbonyl (C=O) groups excluding carboxylic acids is 2. The summed E-state index contributed by atoms with van der Waals surface area (Å²) < 4.78 is 6.37. The Morgan fingerprint density at radius 2 is 1.73 bits per heavy atom. The predicted octanol–water partition coefficient (Wildman–Crippen LogP) is 3.76. The zero-order chi connectivity index (χ0) is 15.7. The van der Waals surface area contributed by atoms with Gasteiger partial charge in [0.05, 0.1) is 23.9 Å². The highest BCUT2D eigenvalue weighted by molar-refractivity contribution is 6.01. The van der Waals surface area contributed by atoms with E-state index >= 15 is 0 Å². The summed E-state index contributed by atoms with van der Waals surface area (Å²) in [6, 6.07) is 16.9. The first-order valence-corrected chi connectivity index (χ1v) is 6.92. The van der Waals surface area contributed by atoms with Gasteiger partial charge in [0.1, 0.15) is 0 Å². The van der Waals surface area contributed by atoms with Crippen molar-refractivity contribution in [2.75, 3.05) is 7.11 Å². The summed E-state index contributed by atoms with van der Waals surface area (Å²) in [5.41, 5.74) is 2.89. The van der Waals surface area contributed by atoms with Crippen LogP contribution in [0.2, 0.25) is 0 Å². The fourth-order valence-electron chi connectivity index (χ4n) is 2.61. The summed E-state index contributed by atoms with van der Waals surface area (Å²) in [6.07, 6.45) is 0. The molecule has 0 N–H and O–H groups in total. The van der Waals surface area contributed by atoms with Crippen molar-refractivity contribution >= 4 is 22.8 Å². The first kappa shape index (κ1) is 14.1. The third kappa shape index (κ3) is 2.29. The topological polar surface area (TPSA) is 48.3 Å². The van der Waals surface area contributed by atoms with Crippen molar-refractivity contribution < 1.29 is 14.3 Å². The molecule has 22 heavy (non-hydrogen) atoms. The highest BCUT2D eigenvalue weighted by Crippen LogP contribution is 2.29. The number of hydrogen-bond acceptors (Lipinski definition) is 3. The number of ether oxygens (including phenoxy) is 1. The lowest BCUT2D eigenvalue weighted by Crippen LogP contribution is -2.08. The second-order valence-electron chi connectivity index (χ2n) is 5.02. The summed E-state index contributed by atoms with van der Waals surface area (Å²) in [7, 11) is 1.34. The van der Waals surface area contributed by atoms with Gasteiger partial charge in [-0.25, -0.2) is 4.79 Å². The van der Waals surface area contributed by atoms with E-state index in [-0.39, 0.29) is 5.91 Å². The normalized spacial score (nSPS) is 10.6. The zero-order valence-electron chi connectivity index (χ0n) is 12.4. The molecule has 0 aliphatic heterocycles. The molecule has 4 heteroatoms. The smallest absolute Gasteiger partial charge is 0.337 e. The summed E-state index contributed by atoms with van der Waals surface area (Å²) in [6.45, 7) is 1.51. The minimum atomic E-state index is -0.417. The molecule has 0 spiro atoms. The molecule has 1 aromatic heterocycles. The standard InChI is InChI=1S/C18H15NO3/c1-12(20)19-16(13-6-4-3-5-7-13)10-14-8-9-15(11-17(14)19)18(21)22-2/h3-11H,1-2H3. The SMILES string of the molecule is COC(=O)c1ccc2cc(-c3ccccc3)n(C(C)=O)c2c1. The van der Waals surface area contributed by atoms with Gasteiger partial charge in [-0.3, -0.25) is 9.36 Å². The zero-order valence-corrected chi connectivity index (χ0v) is 12.4. The average molecular weight is 293 g/mol. The average Bonchev–Trinajstić information content (AvgIpc) is 2.93. The number of fused-ring (bicyclic) bond motifs is 1. The molecule has 0 fully saturated rings. The monoisotopic (exact) mass is 293 g/mol. The van der Waals surface area contributed by atoms with Crippen molar-refractivity contribution in [2.24, 2.45) is 0 Å². The maximum atomic E-state index is 12.1. The Kier molecular flexibility index (Phi) is 3.51. The number of nitrogens with zero attached hydrogens (tertiary/aromatic N) is 1. The third-order valence-electron chi connectivity index (χ3n) is 3.61. The quantitative estimate of drug-likeness (QED) is 0.676. The Balaban J connectivity index is 2.28. The van der Waals surface area contributed by atoms with Gasteiger partial charge in [0.25, 0.3) is 0 Å². The molecule has 0 aliphatic rings. The number of esters is 1. The van der Waals surface area contributed by atoms with E-state index in [1.165, 1.54) is 14.0 Å². The molecule has 4 nitrogen and oxygen atoms in total. The Morgan fingerprint density at radius 1 is 1.00 bits per heavy atom. The molecule has 0 saturated carbocycles. The van der Waals surface area contributed by atoms with Gasteiger partial charge in [0.15, 0.2) is 0 Å². The fourth-order valence-corrected chi connectivity index (χ4v) is 2.61. The molecule has 0 saturated heterocycles. The highest BCUT2D eigenvalue weighted by atomic mass is 16.5. The van der Waals surface area contributed by atoms with Crippen molar-refractivity contribution in [3.63, 3.8) is 0 Å². The molecule has 0 unspecified atom stereocenters. The maximum absolute atomic E-state index is 12.1. The lowest BCUT2D eigenvalue weighted by atomic mass is 10.1. The number of methoxy groups -OCH3 is 1. The van der Waals surface area contributed by atoms with Crippen molar-refractivity contribution in [3.05, 3.63) is 60.2 Å². The molecule has 0 atom stereocenters. The molecule has 0 amide bonds. The van der Waals surface area contributed by atoms with E-state index in [4.69, 9.17) is 4.74 Å². The van der Waals surface area contributed by atoms with Gasteiger partial charge in [0.2, 0.25) is 5.91 Å². The number of rotatable bonds is 2. The van der Waals surface area contributed by atoms with Crippen molar-refractivity contribution in [1.29, 1.82) is 0 Å². The first-order chi connectivity index (χ1) is 10.6. The Morgan fingerprint density at radius 3 is 2.36 bits per heavy atom. The lowest BCUT2D eigenvalue weighted by Gasteiger charge is -2.07. The van der Waals surface area contributed by atoms with Crippen LogP contribution in [0, 0.1) is 0 Å². The van der Waals surface area contributed by atoms with Crippen LogP contribution in [0.1, 0.15) is 22.1 Å². The Bertz CT molecular complexity index is 863. The highest BCUT2D eigenvalue weighted by Gasteiger charge is 2.15. The van der Waals surface area contributed by atoms with Gasteiger partial charge in [-0.2, -0.15) is 0 Å². The Hall–Kier alpha value is -2.88. The van der Waals surface area contributed by atoms with Gasteiger partial charge in [-0.1, -0.05) is 36.4 Å². The Labute approximate surface area is 127 Å². The largest absolute Gasteiger partial charge is 0.465 e. The van der Waals surface area contributed by atoms with Gasteiger partial charge >= 0.3 is 5.97 Å². The van der Waals surface area contributed by atoms with Crippen molar-refractivity contribution in [2.45, 2.75) is 6.92 Å². The molecule has 3 aromatic rings. The summed E-state index contributed by atoms with van der Waals surface area (Å²) in [5.74, 6) is -0.518. The van der Waals surface area contributed by atoms with Crippen LogP contribution in [0.25, 0.3) is 22.2 Å². The summed E-state index contributed by atoms with van der Waals surface area (Å²) in [4.78, 5) is 23.8. The number of benzene rings is 2. The van der Waals surface area contributed by atoms with Crippen LogP contribution in [0.4, 0.5) is 0 Å². The molecule has 0 aliphatic carbocycles. The molecule has 1 heterocycles. The minimum absolute atomic E-state index is 0.101. The molecule has 3 rings (SSSR count). The van der Waals surface area contributed by atoms with Crippen LogP contribution < -0.4 is 0 Å². The van der Waals surface area contributed by atoms with Crippen LogP contribution in [0.15, 0.2) is 54.6 Å². The lowest BCUT2D eigenvalue weighted by molar-refractivity contribution is 0.0600. The van der Waals surface area contributed by atoms with Crippen LogP contribution >= 0.6 is 0 Å². The predicted molar refractivity (Wildman–Crippen MR) is 85.0 cm³/mol. The molecule has 0 bridgehead atoms. The number of aromatic nitrogens is 1. The summed E-state index contributed by atoms with van der Waals surface area (Å²) in [5, 5.41) is 0.904. The van der Waals surface area contributed by atoms with Gasteiger partial charge < -0.3 is 4.74 Å². The summed E-state index contributed by atoms with van der Waals surface area (Å²) >= 11 is 0. The second-order valence-corrected chi connectivity index (χ2v) is 5.02. The van der Waals surface area contributed by atoms with E-state index in [0.717, 1.165) is 16.6 Å². The fraction of sp³-hybridized carbons (Fsp3) is 0.111. The van der Waals surface area contributed by atoms with E-state index in [9.17, 15) is 9.59 Å². The van der Waals surface area contributed by atoms with Crippen LogP contribution in [-0.2, 0) is 4.74 Å². The van der Waals surface area contributed by atoms with E-state index in [2.05, 4.69) is 0 Å². The van der Waals surface area contributed by atoms with E-state index in [1.54, 1.807) is 16.7 Å². The number of carbonyl (C=O) groups is 2. The van der Waals surface area contributed by atoms with Crippen LogP contribution in [0.5, 0.6) is 0 Å². The van der Waals surface area contributed by atoms with E-state index in [0.29, 0.717) is 11.1 Å². The molecular weight excluding hydrogens is 278 g/mol. The molecular formula is C18H15NO3. The second kappa shape index (κ2) is 5.48. The van der Waals surface area contributed by atoms with Gasteiger partial charge in [-0.15, -0.1) is 0 Å². The van der Waals surface area contributed by atoms with Gasteiger partial charge in [-0.05, 0) is 23.8 Å². The van der Waals surface area contributed by atoms with Crippen molar-refractivity contribution in [3.8, 4) is 11.3 Å². The maximum Gasteiger partial charge on any atom is 0.337 e. The van der Waals surface area contributed by atoms with E-state index in [1.807, 2.05) is 42.5 Å². The minimum Gasteiger partial charge on any atom is -0.465 e. The molecule has 2 aromatic carbocycles.